The molecule has 2 heterocycles. The minimum Gasteiger partial charge on any atom is -0.467 e. The third kappa shape index (κ3) is 5.06. The van der Waals surface area contributed by atoms with Gasteiger partial charge < -0.3 is 15.1 Å². The third-order valence-corrected chi connectivity index (χ3v) is 3.87. The fourth-order valence-corrected chi connectivity index (χ4v) is 2.55. The lowest BCUT2D eigenvalue weighted by Crippen LogP contribution is -2.30. The Morgan fingerprint density at radius 3 is 2.92 bits per heavy atom. The van der Waals surface area contributed by atoms with Crippen molar-refractivity contribution in [3.05, 3.63) is 78.0 Å². The van der Waals surface area contributed by atoms with Crippen molar-refractivity contribution in [1.29, 1.82) is 0 Å². The number of carbonyl (C=O) groups excluding carboxylic acids is 1. The summed E-state index contributed by atoms with van der Waals surface area (Å²) in [5.74, 6) is 0.626. The Balaban J connectivity index is 1.51. The summed E-state index contributed by atoms with van der Waals surface area (Å²) >= 11 is 0. The predicted octanol–water partition coefficient (Wildman–Crippen LogP) is 2.58. The van der Waals surface area contributed by atoms with Crippen LogP contribution < -0.4 is 10.6 Å². The maximum absolute atomic E-state index is 12.3. The second kappa shape index (κ2) is 8.30. The van der Waals surface area contributed by atoms with Gasteiger partial charge in [-0.3, -0.25) is 9.48 Å². The van der Waals surface area contributed by atoms with Crippen LogP contribution in [0.2, 0.25) is 0 Å². The van der Waals surface area contributed by atoms with Crippen molar-refractivity contribution in [2.75, 3.05) is 0 Å². The van der Waals surface area contributed by atoms with Gasteiger partial charge in [-0.25, -0.2) is 0 Å². The van der Waals surface area contributed by atoms with E-state index in [0.29, 0.717) is 18.7 Å². The lowest BCUT2D eigenvalue weighted by molar-refractivity contribution is 0.0948. The van der Waals surface area contributed by atoms with Crippen LogP contribution in [-0.4, -0.2) is 21.7 Å². The van der Waals surface area contributed by atoms with Crippen LogP contribution in [0, 0.1) is 0 Å². The van der Waals surface area contributed by atoms with Crippen LogP contribution in [0.4, 0.5) is 0 Å². The molecule has 6 nitrogen and oxygen atoms in total. The molecule has 0 aliphatic heterocycles. The molecule has 2 N–H and O–H groups in total. The Bertz CT molecular complexity index is 782. The number of benzene rings is 1. The first kappa shape index (κ1) is 17.0. The fourth-order valence-electron chi connectivity index (χ4n) is 2.55. The van der Waals surface area contributed by atoms with Crippen LogP contribution in [0.1, 0.15) is 28.6 Å². The van der Waals surface area contributed by atoms with Gasteiger partial charge in [0.1, 0.15) is 5.76 Å². The summed E-state index contributed by atoms with van der Waals surface area (Å²) in [7, 11) is 0. The normalized spacial score (nSPS) is 12.0. The number of carbonyl (C=O) groups is 1. The van der Waals surface area contributed by atoms with Gasteiger partial charge in [0.15, 0.2) is 0 Å². The fraction of sp³-hybridized carbons (Fsp3) is 0.263. The molecular formula is C19H22N4O2. The van der Waals surface area contributed by atoms with Crippen molar-refractivity contribution in [2.45, 2.75) is 32.6 Å². The highest BCUT2D eigenvalue weighted by Gasteiger charge is 2.08. The number of nitrogens with zero attached hydrogens (tertiary/aromatic N) is 2. The summed E-state index contributed by atoms with van der Waals surface area (Å²) in [4.78, 5) is 12.3. The van der Waals surface area contributed by atoms with Crippen LogP contribution in [0.3, 0.4) is 0 Å². The van der Waals surface area contributed by atoms with E-state index in [1.807, 2.05) is 47.3 Å². The molecule has 0 aliphatic carbocycles. The van der Waals surface area contributed by atoms with Gasteiger partial charge in [-0.05, 0) is 42.8 Å². The molecule has 0 unspecified atom stereocenters. The molecule has 3 aromatic rings. The molecule has 25 heavy (non-hydrogen) atoms. The molecule has 0 saturated carbocycles. The lowest BCUT2D eigenvalue weighted by atomic mass is 10.1. The van der Waals surface area contributed by atoms with E-state index in [9.17, 15) is 4.79 Å². The maximum atomic E-state index is 12.3. The number of hydrogen-bond donors (Lipinski definition) is 2. The van der Waals surface area contributed by atoms with Gasteiger partial charge in [-0.2, -0.15) is 5.10 Å². The monoisotopic (exact) mass is 338 g/mol. The number of nitrogens with one attached hydrogen (secondary N) is 2. The van der Waals surface area contributed by atoms with Crippen molar-refractivity contribution in [3.8, 4) is 0 Å². The predicted molar refractivity (Wildman–Crippen MR) is 94.8 cm³/mol. The summed E-state index contributed by atoms with van der Waals surface area (Å²) in [5, 5.41) is 10.5. The molecule has 2 aromatic heterocycles. The van der Waals surface area contributed by atoms with Crippen molar-refractivity contribution in [3.63, 3.8) is 0 Å². The van der Waals surface area contributed by atoms with Crippen LogP contribution in [-0.2, 0) is 19.6 Å². The van der Waals surface area contributed by atoms with Crippen molar-refractivity contribution in [2.24, 2.45) is 0 Å². The van der Waals surface area contributed by atoms with Crippen LogP contribution in [0.25, 0.3) is 0 Å². The average Bonchev–Trinajstić information content (AvgIpc) is 3.32. The summed E-state index contributed by atoms with van der Waals surface area (Å²) < 4.78 is 7.12. The van der Waals surface area contributed by atoms with Gasteiger partial charge in [0.05, 0.1) is 19.4 Å². The third-order valence-electron chi connectivity index (χ3n) is 3.87. The zero-order valence-corrected chi connectivity index (χ0v) is 14.2. The molecule has 0 radical (unpaired) electrons. The molecule has 1 amide bonds. The average molecular weight is 338 g/mol. The Kier molecular flexibility index (Phi) is 5.64. The van der Waals surface area contributed by atoms with Gasteiger partial charge in [-0.15, -0.1) is 0 Å². The highest BCUT2D eigenvalue weighted by atomic mass is 16.3. The van der Waals surface area contributed by atoms with Crippen LogP contribution in [0.15, 0.2) is 65.5 Å². The number of rotatable bonds is 8. The Hall–Kier alpha value is -2.86. The van der Waals surface area contributed by atoms with Gasteiger partial charge in [-0.1, -0.05) is 12.1 Å². The molecule has 0 aliphatic rings. The molecule has 0 bridgehead atoms. The number of aromatic nitrogens is 2. The van der Waals surface area contributed by atoms with Crippen LogP contribution >= 0.6 is 0 Å². The van der Waals surface area contributed by atoms with E-state index >= 15 is 0 Å². The highest BCUT2D eigenvalue weighted by molar-refractivity contribution is 5.94. The molecule has 3 rings (SSSR count). The highest BCUT2D eigenvalue weighted by Crippen LogP contribution is 2.07. The first-order chi connectivity index (χ1) is 12.2. The number of furan rings is 1. The van der Waals surface area contributed by atoms with E-state index in [1.54, 1.807) is 18.5 Å². The van der Waals surface area contributed by atoms with Crippen molar-refractivity contribution >= 4 is 5.91 Å². The summed E-state index contributed by atoms with van der Waals surface area (Å²) in [5.41, 5.74) is 1.71. The van der Waals surface area contributed by atoms with Gasteiger partial charge >= 0.3 is 0 Å². The zero-order valence-electron chi connectivity index (χ0n) is 14.2. The largest absolute Gasteiger partial charge is 0.467 e. The molecule has 6 heteroatoms. The molecule has 1 atom stereocenters. The van der Waals surface area contributed by atoms with Gasteiger partial charge in [0.25, 0.3) is 5.91 Å². The minimum atomic E-state index is -0.108. The van der Waals surface area contributed by atoms with Crippen molar-refractivity contribution < 1.29 is 9.21 Å². The molecular weight excluding hydrogens is 316 g/mol. The number of amides is 1. The summed E-state index contributed by atoms with van der Waals surface area (Å²) in [6.07, 6.45) is 5.32. The van der Waals surface area contributed by atoms with E-state index < -0.39 is 0 Å². The lowest BCUT2D eigenvalue weighted by Gasteiger charge is -2.14. The minimum absolute atomic E-state index is 0.108. The van der Waals surface area contributed by atoms with E-state index in [1.165, 1.54) is 0 Å². The zero-order chi connectivity index (χ0) is 17.5. The maximum Gasteiger partial charge on any atom is 0.251 e. The molecule has 1 aromatic carbocycles. The Morgan fingerprint density at radius 2 is 2.16 bits per heavy atom. The standard InChI is InChI=1S/C19H22N4O2/c1-15(14-23-9-4-8-22-23)20-12-16-5-2-6-17(11-16)19(24)21-13-18-7-3-10-25-18/h2-11,15,20H,12-14H2,1H3,(H,21,24)/t15-/m0/s1. The quantitative estimate of drug-likeness (QED) is 0.662. The molecule has 130 valence electrons. The first-order valence-corrected chi connectivity index (χ1v) is 8.31. The molecule has 0 fully saturated rings. The second-order valence-corrected chi connectivity index (χ2v) is 5.97. The van der Waals surface area contributed by atoms with Gasteiger partial charge in [0.2, 0.25) is 0 Å². The second-order valence-electron chi connectivity index (χ2n) is 5.97. The smallest absolute Gasteiger partial charge is 0.251 e. The van der Waals surface area contributed by atoms with Gasteiger partial charge in [0, 0.05) is 30.5 Å². The van der Waals surface area contributed by atoms with Crippen LogP contribution in [0.5, 0.6) is 0 Å². The van der Waals surface area contributed by atoms with E-state index in [4.69, 9.17) is 4.42 Å². The Morgan fingerprint density at radius 1 is 1.24 bits per heavy atom. The van der Waals surface area contributed by atoms with Crippen molar-refractivity contribution in [1.82, 2.24) is 20.4 Å². The topological polar surface area (TPSA) is 72.1 Å². The van der Waals surface area contributed by atoms with E-state index in [0.717, 1.165) is 17.9 Å². The Labute approximate surface area is 146 Å². The first-order valence-electron chi connectivity index (χ1n) is 8.31. The summed E-state index contributed by atoms with van der Waals surface area (Å²) in [6.45, 7) is 3.99. The summed E-state index contributed by atoms with van der Waals surface area (Å²) in [6, 6.07) is 13.5. The van der Waals surface area contributed by atoms with E-state index in [-0.39, 0.29) is 11.9 Å². The number of hydrogen-bond acceptors (Lipinski definition) is 4. The van der Waals surface area contributed by atoms with E-state index in [2.05, 4.69) is 22.7 Å². The molecule has 0 spiro atoms. The SMILES string of the molecule is C[C@@H](Cn1cccn1)NCc1cccc(C(=O)NCc2ccco2)c1. The molecule has 0 saturated heterocycles.